The predicted octanol–water partition coefficient (Wildman–Crippen LogP) is 1.58. The van der Waals surface area contributed by atoms with E-state index in [9.17, 15) is 10.2 Å². The van der Waals surface area contributed by atoms with E-state index in [-0.39, 0.29) is 11.7 Å². The van der Waals surface area contributed by atoms with Crippen LogP contribution in [-0.4, -0.2) is 47.8 Å². The lowest BCUT2D eigenvalue weighted by molar-refractivity contribution is 0.0822. The Bertz CT molecular complexity index is 456. The molecule has 2 unspecified atom stereocenters. The van der Waals surface area contributed by atoms with Crippen molar-refractivity contribution < 1.29 is 10.2 Å². The fourth-order valence-corrected chi connectivity index (χ4v) is 2.93. The van der Waals surface area contributed by atoms with Gasteiger partial charge in [0.1, 0.15) is 5.75 Å². The van der Waals surface area contributed by atoms with Crippen molar-refractivity contribution in [3.05, 3.63) is 28.8 Å². The third kappa shape index (κ3) is 3.51. The summed E-state index contributed by atoms with van der Waals surface area (Å²) in [7, 11) is 0. The number of hydrogen-bond donors (Lipinski definition) is 3. The van der Waals surface area contributed by atoms with Crippen LogP contribution in [0.15, 0.2) is 12.1 Å². The summed E-state index contributed by atoms with van der Waals surface area (Å²) in [5.41, 5.74) is 2.56. The number of nitrogens with zero attached hydrogens (tertiary/aromatic N) is 1. The lowest BCUT2D eigenvalue weighted by Gasteiger charge is -2.31. The molecule has 0 amide bonds. The van der Waals surface area contributed by atoms with Crippen LogP contribution in [-0.2, 0) is 0 Å². The van der Waals surface area contributed by atoms with Gasteiger partial charge in [-0.25, -0.2) is 0 Å². The molecule has 3 N–H and O–H groups in total. The Morgan fingerprint density at radius 3 is 2.55 bits per heavy atom. The van der Waals surface area contributed by atoms with E-state index in [0.717, 1.165) is 43.9 Å². The average Bonchev–Trinajstić information content (AvgIpc) is 2.43. The standard InChI is InChI=1S/C16H26N2O2/c1-11-8-12(2)15(19)14(9-11)16(20)13(3)10-18-6-4-17-5-7-18/h8-9,13,16-17,19-20H,4-7,10H2,1-3H3. The first-order valence-electron chi connectivity index (χ1n) is 7.40. The molecule has 2 rings (SSSR count). The number of aromatic hydroxyl groups is 1. The highest BCUT2D eigenvalue weighted by Crippen LogP contribution is 2.33. The van der Waals surface area contributed by atoms with Crippen molar-refractivity contribution in [3.63, 3.8) is 0 Å². The number of piperazine rings is 1. The maximum atomic E-state index is 10.5. The van der Waals surface area contributed by atoms with Crippen LogP contribution in [0.3, 0.4) is 0 Å². The smallest absolute Gasteiger partial charge is 0.124 e. The van der Waals surface area contributed by atoms with Gasteiger partial charge in [0, 0.05) is 38.3 Å². The molecule has 0 radical (unpaired) electrons. The predicted molar refractivity (Wildman–Crippen MR) is 81.0 cm³/mol. The van der Waals surface area contributed by atoms with Crippen molar-refractivity contribution in [2.45, 2.75) is 26.9 Å². The van der Waals surface area contributed by atoms with Gasteiger partial charge in [0.05, 0.1) is 6.10 Å². The van der Waals surface area contributed by atoms with Crippen LogP contribution >= 0.6 is 0 Å². The fraction of sp³-hybridized carbons (Fsp3) is 0.625. The van der Waals surface area contributed by atoms with Gasteiger partial charge in [-0.15, -0.1) is 0 Å². The molecule has 4 heteroatoms. The number of rotatable bonds is 4. The van der Waals surface area contributed by atoms with E-state index < -0.39 is 6.10 Å². The van der Waals surface area contributed by atoms with Crippen LogP contribution in [0.4, 0.5) is 0 Å². The molecule has 1 saturated heterocycles. The van der Waals surface area contributed by atoms with Gasteiger partial charge < -0.3 is 20.4 Å². The summed E-state index contributed by atoms with van der Waals surface area (Å²) < 4.78 is 0. The summed E-state index contributed by atoms with van der Waals surface area (Å²) >= 11 is 0. The average molecular weight is 278 g/mol. The zero-order valence-electron chi connectivity index (χ0n) is 12.7. The molecule has 1 aromatic rings. The summed E-state index contributed by atoms with van der Waals surface area (Å²) in [6, 6.07) is 3.83. The van der Waals surface area contributed by atoms with E-state index in [2.05, 4.69) is 10.2 Å². The Morgan fingerprint density at radius 2 is 1.90 bits per heavy atom. The lowest BCUT2D eigenvalue weighted by Crippen LogP contribution is -2.45. The van der Waals surface area contributed by atoms with E-state index in [1.54, 1.807) is 0 Å². The number of nitrogens with one attached hydrogen (secondary N) is 1. The van der Waals surface area contributed by atoms with Crippen molar-refractivity contribution in [1.82, 2.24) is 10.2 Å². The van der Waals surface area contributed by atoms with Crippen molar-refractivity contribution in [2.24, 2.45) is 5.92 Å². The first-order chi connectivity index (χ1) is 9.49. The SMILES string of the molecule is Cc1cc(C)c(O)c(C(O)C(C)CN2CCNCC2)c1. The Labute approximate surface area is 121 Å². The largest absolute Gasteiger partial charge is 0.507 e. The van der Waals surface area contributed by atoms with Crippen LogP contribution in [0.5, 0.6) is 5.75 Å². The quantitative estimate of drug-likeness (QED) is 0.783. The highest BCUT2D eigenvalue weighted by molar-refractivity contribution is 5.44. The van der Waals surface area contributed by atoms with Crippen LogP contribution in [0.2, 0.25) is 0 Å². The molecule has 1 aliphatic rings. The Hall–Kier alpha value is -1.10. The summed E-state index contributed by atoms with van der Waals surface area (Å²) in [5, 5.41) is 24.0. The molecule has 0 aromatic heterocycles. The molecule has 112 valence electrons. The van der Waals surface area contributed by atoms with Crippen LogP contribution in [0, 0.1) is 19.8 Å². The second-order valence-corrected chi connectivity index (χ2v) is 5.99. The molecular weight excluding hydrogens is 252 g/mol. The van der Waals surface area contributed by atoms with Crippen molar-refractivity contribution >= 4 is 0 Å². The van der Waals surface area contributed by atoms with Crippen LogP contribution in [0.25, 0.3) is 0 Å². The highest BCUT2D eigenvalue weighted by Gasteiger charge is 2.23. The maximum absolute atomic E-state index is 10.5. The third-order valence-corrected chi connectivity index (χ3v) is 4.09. The monoisotopic (exact) mass is 278 g/mol. The topological polar surface area (TPSA) is 55.7 Å². The molecule has 1 aliphatic heterocycles. The Kier molecular flexibility index (Phi) is 5.02. The normalized spacial score (nSPS) is 19.8. The number of aliphatic hydroxyl groups is 1. The van der Waals surface area contributed by atoms with Gasteiger partial charge in [-0.05, 0) is 31.4 Å². The third-order valence-electron chi connectivity index (χ3n) is 4.09. The summed E-state index contributed by atoms with van der Waals surface area (Å²) in [5.74, 6) is 0.329. The van der Waals surface area contributed by atoms with Gasteiger partial charge in [0.2, 0.25) is 0 Å². The van der Waals surface area contributed by atoms with Gasteiger partial charge in [0.15, 0.2) is 0 Å². The van der Waals surface area contributed by atoms with E-state index in [1.807, 2.05) is 32.9 Å². The van der Waals surface area contributed by atoms with E-state index in [4.69, 9.17) is 0 Å². The summed E-state index contributed by atoms with van der Waals surface area (Å²) in [6.45, 7) is 10.8. The summed E-state index contributed by atoms with van der Waals surface area (Å²) in [4.78, 5) is 2.37. The second-order valence-electron chi connectivity index (χ2n) is 5.99. The first kappa shape index (κ1) is 15.3. The minimum Gasteiger partial charge on any atom is -0.507 e. The lowest BCUT2D eigenvalue weighted by atomic mass is 9.93. The first-order valence-corrected chi connectivity index (χ1v) is 7.40. The molecule has 0 bridgehead atoms. The molecule has 0 saturated carbocycles. The number of hydrogen-bond acceptors (Lipinski definition) is 4. The van der Waals surface area contributed by atoms with Crippen molar-refractivity contribution in [1.29, 1.82) is 0 Å². The van der Waals surface area contributed by atoms with E-state index in [1.165, 1.54) is 0 Å². The molecule has 0 spiro atoms. The summed E-state index contributed by atoms with van der Waals surface area (Å²) in [6.07, 6.45) is -0.622. The van der Waals surface area contributed by atoms with Crippen LogP contribution < -0.4 is 5.32 Å². The van der Waals surface area contributed by atoms with Gasteiger partial charge in [-0.1, -0.05) is 18.6 Å². The fourth-order valence-electron chi connectivity index (χ4n) is 2.93. The minimum atomic E-state index is -0.622. The van der Waals surface area contributed by atoms with Crippen molar-refractivity contribution in [2.75, 3.05) is 32.7 Å². The molecule has 1 fully saturated rings. The molecule has 0 aliphatic carbocycles. The van der Waals surface area contributed by atoms with E-state index >= 15 is 0 Å². The molecule has 20 heavy (non-hydrogen) atoms. The molecule has 1 heterocycles. The molecular formula is C16H26N2O2. The minimum absolute atomic E-state index is 0.0974. The Balaban J connectivity index is 2.07. The number of phenols is 1. The number of benzene rings is 1. The second kappa shape index (κ2) is 6.57. The Morgan fingerprint density at radius 1 is 1.25 bits per heavy atom. The number of aryl methyl sites for hydroxylation is 2. The van der Waals surface area contributed by atoms with Gasteiger partial charge >= 0.3 is 0 Å². The van der Waals surface area contributed by atoms with Gasteiger partial charge in [-0.3, -0.25) is 0 Å². The highest BCUT2D eigenvalue weighted by atomic mass is 16.3. The zero-order valence-corrected chi connectivity index (χ0v) is 12.7. The van der Waals surface area contributed by atoms with E-state index in [0.29, 0.717) is 5.56 Å². The number of aliphatic hydroxyl groups excluding tert-OH is 1. The maximum Gasteiger partial charge on any atom is 0.124 e. The molecule has 1 aromatic carbocycles. The zero-order chi connectivity index (χ0) is 14.7. The van der Waals surface area contributed by atoms with Gasteiger partial charge in [-0.2, -0.15) is 0 Å². The van der Waals surface area contributed by atoms with Crippen molar-refractivity contribution in [3.8, 4) is 5.75 Å². The van der Waals surface area contributed by atoms with Gasteiger partial charge in [0.25, 0.3) is 0 Å². The molecule has 2 atom stereocenters. The molecule has 4 nitrogen and oxygen atoms in total. The number of phenolic OH excluding ortho intramolecular Hbond substituents is 1. The van der Waals surface area contributed by atoms with Crippen LogP contribution in [0.1, 0.15) is 29.7 Å².